The fourth-order valence-corrected chi connectivity index (χ4v) is 3.06. The molecule has 0 aliphatic rings. The lowest BCUT2D eigenvalue weighted by Gasteiger charge is -2.20. The summed E-state index contributed by atoms with van der Waals surface area (Å²) in [5.41, 5.74) is 2.55. The smallest absolute Gasteiger partial charge is 0.0839 e. The minimum Gasteiger partial charge on any atom is -0.390 e. The van der Waals surface area contributed by atoms with Gasteiger partial charge in [-0.3, -0.25) is 0 Å². The Kier molecular flexibility index (Phi) is 14.1. The molecule has 0 amide bonds. The average Bonchev–Trinajstić information content (AvgIpc) is 2.77. The van der Waals surface area contributed by atoms with Gasteiger partial charge in [-0.2, -0.15) is 0 Å². The van der Waals surface area contributed by atoms with Crippen LogP contribution in [0.3, 0.4) is 0 Å². The van der Waals surface area contributed by atoms with E-state index in [1.807, 2.05) is 37.3 Å². The van der Waals surface area contributed by atoms with Gasteiger partial charge in [0.1, 0.15) is 0 Å². The predicted molar refractivity (Wildman–Crippen MR) is 127 cm³/mol. The number of aliphatic hydroxyl groups is 1. The molecule has 0 spiro atoms. The van der Waals surface area contributed by atoms with E-state index < -0.39 is 6.10 Å². The fourth-order valence-electron chi connectivity index (χ4n) is 3.06. The second kappa shape index (κ2) is 16.1. The lowest BCUT2D eigenvalue weighted by Crippen LogP contribution is -2.28. The van der Waals surface area contributed by atoms with E-state index in [0.29, 0.717) is 25.0 Å². The van der Waals surface area contributed by atoms with E-state index in [4.69, 9.17) is 9.47 Å². The van der Waals surface area contributed by atoms with Crippen molar-refractivity contribution in [1.29, 1.82) is 0 Å². The van der Waals surface area contributed by atoms with Gasteiger partial charge >= 0.3 is 0 Å². The third-order valence-corrected chi connectivity index (χ3v) is 5.20. The van der Waals surface area contributed by atoms with E-state index in [0.717, 1.165) is 31.4 Å². The standard InChI is InChI=1S/C14H22O.C13H20O2/c1-4-10-15-13(3)12(2)11-14-8-6-5-7-9-14;1-3-9-15-11(2)13(14)10-12-7-5-4-6-8-12/h5-9,12-13H,4,10-11H2,1-3H3;4-8,11,13-14H,3,9-10H2,1-2H3/t12?,13-;11-,13+/m00/s1. The van der Waals surface area contributed by atoms with Crippen molar-refractivity contribution in [2.45, 2.75) is 78.6 Å². The summed E-state index contributed by atoms with van der Waals surface area (Å²) in [6.45, 7) is 12.2. The van der Waals surface area contributed by atoms with Gasteiger partial charge in [0.05, 0.1) is 18.3 Å². The second-order valence-corrected chi connectivity index (χ2v) is 8.08. The summed E-state index contributed by atoms with van der Waals surface area (Å²) in [7, 11) is 0. The van der Waals surface area contributed by atoms with Gasteiger partial charge in [-0.25, -0.2) is 0 Å². The van der Waals surface area contributed by atoms with E-state index in [-0.39, 0.29) is 6.10 Å². The Balaban J connectivity index is 0.000000300. The molecule has 4 atom stereocenters. The normalized spacial score (nSPS) is 14.9. The third kappa shape index (κ3) is 11.5. The Labute approximate surface area is 184 Å². The highest BCUT2D eigenvalue weighted by Gasteiger charge is 2.14. The Bertz CT molecular complexity index is 572. The zero-order valence-electron chi connectivity index (χ0n) is 19.6. The van der Waals surface area contributed by atoms with Gasteiger partial charge in [0.15, 0.2) is 0 Å². The second-order valence-electron chi connectivity index (χ2n) is 8.08. The van der Waals surface area contributed by atoms with Crippen LogP contribution in [-0.2, 0) is 22.3 Å². The molecule has 3 heteroatoms. The molecule has 2 aromatic rings. The van der Waals surface area contributed by atoms with Crippen LogP contribution in [0.5, 0.6) is 0 Å². The van der Waals surface area contributed by atoms with E-state index in [1.165, 1.54) is 5.56 Å². The first-order valence-electron chi connectivity index (χ1n) is 11.5. The molecule has 0 saturated carbocycles. The first-order valence-corrected chi connectivity index (χ1v) is 11.5. The average molecular weight is 415 g/mol. The number of aliphatic hydroxyl groups excluding tert-OH is 1. The highest BCUT2D eigenvalue weighted by molar-refractivity contribution is 5.16. The van der Waals surface area contributed by atoms with E-state index >= 15 is 0 Å². The summed E-state index contributed by atoms with van der Waals surface area (Å²) in [6, 6.07) is 20.6. The van der Waals surface area contributed by atoms with Gasteiger partial charge in [-0.1, -0.05) is 81.4 Å². The Morgan fingerprint density at radius 1 is 0.667 bits per heavy atom. The summed E-state index contributed by atoms with van der Waals surface area (Å²) < 4.78 is 11.2. The third-order valence-electron chi connectivity index (χ3n) is 5.20. The maximum Gasteiger partial charge on any atom is 0.0839 e. The first kappa shape index (κ1) is 26.4. The molecule has 1 N–H and O–H groups in total. The lowest BCUT2D eigenvalue weighted by molar-refractivity contribution is -0.0256. The van der Waals surface area contributed by atoms with E-state index in [2.05, 4.69) is 58.0 Å². The van der Waals surface area contributed by atoms with Gasteiger partial charge in [0.25, 0.3) is 0 Å². The van der Waals surface area contributed by atoms with Crippen LogP contribution in [0.4, 0.5) is 0 Å². The van der Waals surface area contributed by atoms with Gasteiger partial charge in [0, 0.05) is 19.6 Å². The van der Waals surface area contributed by atoms with Crippen LogP contribution in [0, 0.1) is 5.92 Å². The number of hydrogen-bond donors (Lipinski definition) is 1. The molecule has 0 fully saturated rings. The SMILES string of the molecule is CCCO[C@@H](C)C(C)Cc1ccccc1.CCCO[C@@H](C)[C@H](O)Cc1ccccc1. The van der Waals surface area contributed by atoms with Crippen molar-refractivity contribution in [3.05, 3.63) is 71.8 Å². The van der Waals surface area contributed by atoms with Gasteiger partial charge in [-0.15, -0.1) is 0 Å². The molecule has 0 bridgehead atoms. The number of hydrogen-bond acceptors (Lipinski definition) is 3. The molecule has 30 heavy (non-hydrogen) atoms. The molecule has 168 valence electrons. The highest BCUT2D eigenvalue weighted by atomic mass is 16.5. The van der Waals surface area contributed by atoms with E-state index in [9.17, 15) is 5.11 Å². The minimum atomic E-state index is -0.418. The summed E-state index contributed by atoms with van der Waals surface area (Å²) in [4.78, 5) is 0. The van der Waals surface area contributed by atoms with Crippen molar-refractivity contribution < 1.29 is 14.6 Å². The molecule has 2 rings (SSSR count). The van der Waals surface area contributed by atoms with Crippen LogP contribution in [-0.4, -0.2) is 36.6 Å². The van der Waals surface area contributed by atoms with Crippen LogP contribution in [0.1, 0.15) is 58.6 Å². The lowest BCUT2D eigenvalue weighted by atomic mass is 9.97. The summed E-state index contributed by atoms with van der Waals surface area (Å²) in [5, 5.41) is 9.87. The number of benzene rings is 2. The molecule has 0 aliphatic heterocycles. The summed E-state index contributed by atoms with van der Waals surface area (Å²) in [5.74, 6) is 0.582. The quantitative estimate of drug-likeness (QED) is 0.457. The largest absolute Gasteiger partial charge is 0.390 e. The maximum absolute atomic E-state index is 9.87. The summed E-state index contributed by atoms with van der Waals surface area (Å²) in [6.07, 6.45) is 3.69. The Morgan fingerprint density at radius 3 is 1.57 bits per heavy atom. The minimum absolute atomic E-state index is 0.0924. The molecule has 0 saturated heterocycles. The molecular weight excluding hydrogens is 372 g/mol. The van der Waals surface area contributed by atoms with Crippen LogP contribution in [0.15, 0.2) is 60.7 Å². The van der Waals surface area contributed by atoms with Gasteiger partial charge in [0.2, 0.25) is 0 Å². The molecule has 1 unspecified atom stereocenters. The zero-order valence-corrected chi connectivity index (χ0v) is 19.6. The monoisotopic (exact) mass is 414 g/mol. The Morgan fingerprint density at radius 2 is 1.10 bits per heavy atom. The molecule has 0 radical (unpaired) electrons. The van der Waals surface area contributed by atoms with Crippen LogP contribution in [0.2, 0.25) is 0 Å². The fraction of sp³-hybridized carbons (Fsp3) is 0.556. The Hall–Kier alpha value is -1.68. The highest BCUT2D eigenvalue weighted by Crippen LogP contribution is 2.14. The zero-order chi connectivity index (χ0) is 22.2. The molecule has 0 aromatic heterocycles. The molecule has 3 nitrogen and oxygen atoms in total. The first-order chi connectivity index (χ1) is 14.5. The van der Waals surface area contributed by atoms with Crippen molar-refractivity contribution in [2.24, 2.45) is 5.92 Å². The molecule has 0 heterocycles. The van der Waals surface area contributed by atoms with Crippen molar-refractivity contribution >= 4 is 0 Å². The predicted octanol–water partition coefficient (Wildman–Crippen LogP) is 6.09. The van der Waals surface area contributed by atoms with Crippen LogP contribution >= 0.6 is 0 Å². The van der Waals surface area contributed by atoms with Crippen molar-refractivity contribution in [1.82, 2.24) is 0 Å². The molecule has 0 aliphatic carbocycles. The number of ether oxygens (including phenoxy) is 2. The van der Waals surface area contributed by atoms with E-state index in [1.54, 1.807) is 0 Å². The van der Waals surface area contributed by atoms with Gasteiger partial charge in [-0.05, 0) is 50.2 Å². The van der Waals surface area contributed by atoms with Crippen LogP contribution in [0.25, 0.3) is 0 Å². The maximum atomic E-state index is 9.87. The summed E-state index contributed by atoms with van der Waals surface area (Å²) >= 11 is 0. The van der Waals surface area contributed by atoms with Crippen molar-refractivity contribution in [3.63, 3.8) is 0 Å². The van der Waals surface area contributed by atoms with Crippen molar-refractivity contribution in [3.8, 4) is 0 Å². The van der Waals surface area contributed by atoms with Gasteiger partial charge < -0.3 is 14.6 Å². The molecule has 2 aromatic carbocycles. The van der Waals surface area contributed by atoms with Crippen LogP contribution < -0.4 is 0 Å². The number of rotatable bonds is 12. The van der Waals surface area contributed by atoms with Crippen molar-refractivity contribution in [2.75, 3.05) is 13.2 Å². The topological polar surface area (TPSA) is 38.7 Å². The molecular formula is C27H42O3.